The Morgan fingerprint density at radius 3 is 3.00 bits per heavy atom. The number of fused-ring (bicyclic) bond motifs is 1. The minimum absolute atomic E-state index is 0.0670. The van der Waals surface area contributed by atoms with Gasteiger partial charge in [0.1, 0.15) is 18.5 Å². The lowest BCUT2D eigenvalue weighted by Crippen LogP contribution is -2.30. The average molecular weight is 343 g/mol. The zero-order valence-electron chi connectivity index (χ0n) is 12.3. The van der Waals surface area contributed by atoms with Crippen LogP contribution in [0.3, 0.4) is 0 Å². The molecule has 1 fully saturated rings. The first-order chi connectivity index (χ1) is 10.9. The Balaban J connectivity index is 1.78. The fourth-order valence-corrected chi connectivity index (χ4v) is 3.35. The van der Waals surface area contributed by atoms with Crippen molar-refractivity contribution in [1.82, 2.24) is 0 Å². The van der Waals surface area contributed by atoms with E-state index in [1.807, 2.05) is 0 Å². The number of rotatable bonds is 4. The van der Waals surface area contributed by atoms with Crippen molar-refractivity contribution in [1.29, 1.82) is 0 Å². The van der Waals surface area contributed by atoms with Gasteiger partial charge in [-0.1, -0.05) is 6.07 Å². The lowest BCUT2D eigenvalue weighted by molar-refractivity contribution is -0.124. The van der Waals surface area contributed by atoms with Crippen molar-refractivity contribution in [3.05, 3.63) is 23.8 Å². The maximum absolute atomic E-state index is 11.5. The molecular weight excluding hydrogens is 326 g/mol. The summed E-state index contributed by atoms with van der Waals surface area (Å²) in [7, 11) is -2.34. The van der Waals surface area contributed by atoms with Crippen molar-refractivity contribution in [3.63, 3.8) is 0 Å². The van der Waals surface area contributed by atoms with Crippen molar-refractivity contribution < 1.29 is 27.7 Å². The highest BCUT2D eigenvalue weighted by atomic mass is 32.2. The van der Waals surface area contributed by atoms with Gasteiger partial charge in [-0.3, -0.25) is 4.72 Å². The molecule has 1 aromatic rings. The molecule has 2 aliphatic rings. The Labute approximate surface area is 133 Å². The Morgan fingerprint density at radius 1 is 1.52 bits per heavy atom. The van der Waals surface area contributed by atoms with Crippen molar-refractivity contribution >= 4 is 21.7 Å². The van der Waals surface area contributed by atoms with Gasteiger partial charge in [-0.05, 0) is 12.1 Å². The second kappa shape index (κ2) is 5.96. The first kappa shape index (κ1) is 16.0. The standard InChI is InChI=1S/C13H17N3O6S/c1-20-11-5-8(17)10(22-11)6-21-9-4-2-3-7-12(9)13(14)16-23(18,19)15-7/h2-4,8,10-11,15,17H,5-6H2,1H3,(H2,14,16)/t8-,10+,11?/m0/s1. The van der Waals surface area contributed by atoms with Crippen LogP contribution in [0.5, 0.6) is 5.75 Å². The summed E-state index contributed by atoms with van der Waals surface area (Å²) in [4.78, 5) is 0. The highest BCUT2D eigenvalue weighted by Gasteiger charge is 2.35. The van der Waals surface area contributed by atoms with E-state index in [1.165, 1.54) is 7.11 Å². The van der Waals surface area contributed by atoms with Crippen LogP contribution in [0.1, 0.15) is 12.0 Å². The minimum Gasteiger partial charge on any atom is -0.490 e. The van der Waals surface area contributed by atoms with Crippen LogP contribution in [-0.2, 0) is 19.7 Å². The molecule has 0 spiro atoms. The predicted octanol–water partition coefficient (Wildman–Crippen LogP) is -0.437. The summed E-state index contributed by atoms with van der Waals surface area (Å²) in [6.45, 7) is 0.0670. The monoisotopic (exact) mass is 343 g/mol. The van der Waals surface area contributed by atoms with Crippen LogP contribution in [0.4, 0.5) is 5.69 Å². The number of methoxy groups -OCH3 is 1. The Hall–Kier alpha value is -1.88. The molecule has 3 atom stereocenters. The number of nitrogens with zero attached hydrogens (tertiary/aromatic N) is 1. The number of amidine groups is 1. The third-order valence-corrected chi connectivity index (χ3v) is 4.51. The van der Waals surface area contributed by atoms with E-state index < -0.39 is 28.7 Å². The van der Waals surface area contributed by atoms with Crippen LogP contribution in [0.15, 0.2) is 22.6 Å². The lowest BCUT2D eigenvalue weighted by atomic mass is 10.1. The van der Waals surface area contributed by atoms with Gasteiger partial charge in [0.25, 0.3) is 0 Å². The van der Waals surface area contributed by atoms with Crippen LogP contribution < -0.4 is 15.2 Å². The number of anilines is 1. The molecule has 3 rings (SSSR count). The van der Waals surface area contributed by atoms with E-state index in [2.05, 4.69) is 9.12 Å². The average Bonchev–Trinajstić information content (AvgIpc) is 2.83. The van der Waals surface area contributed by atoms with Crippen LogP contribution >= 0.6 is 0 Å². The van der Waals surface area contributed by atoms with Gasteiger partial charge < -0.3 is 25.1 Å². The molecule has 0 radical (unpaired) electrons. The molecule has 23 heavy (non-hydrogen) atoms. The number of nitrogens with two attached hydrogens (primary N) is 1. The fourth-order valence-electron chi connectivity index (χ4n) is 2.50. The zero-order valence-corrected chi connectivity index (χ0v) is 13.1. The molecule has 0 aromatic heterocycles. The van der Waals surface area contributed by atoms with Crippen molar-refractivity contribution in [2.45, 2.75) is 24.9 Å². The van der Waals surface area contributed by atoms with Gasteiger partial charge in [-0.15, -0.1) is 4.40 Å². The molecular formula is C13H17N3O6S. The number of benzene rings is 1. The summed E-state index contributed by atoms with van der Waals surface area (Å²) < 4.78 is 44.9. The summed E-state index contributed by atoms with van der Waals surface area (Å²) >= 11 is 0. The Kier molecular flexibility index (Phi) is 4.15. The predicted molar refractivity (Wildman–Crippen MR) is 81.5 cm³/mol. The summed E-state index contributed by atoms with van der Waals surface area (Å²) in [5, 5.41) is 9.90. The molecule has 2 heterocycles. The summed E-state index contributed by atoms with van der Waals surface area (Å²) in [6.07, 6.45) is -1.36. The topological polar surface area (TPSA) is 132 Å². The molecule has 0 amide bonds. The second-order valence-electron chi connectivity index (χ2n) is 5.19. The number of aliphatic hydroxyl groups excluding tert-OH is 1. The quantitative estimate of drug-likeness (QED) is 0.675. The molecule has 1 unspecified atom stereocenters. The summed E-state index contributed by atoms with van der Waals surface area (Å²) in [5.41, 5.74) is 6.38. The van der Waals surface area contributed by atoms with E-state index in [-0.39, 0.29) is 18.1 Å². The number of ether oxygens (including phenoxy) is 3. The van der Waals surface area contributed by atoms with E-state index in [4.69, 9.17) is 19.9 Å². The van der Waals surface area contributed by atoms with Gasteiger partial charge in [0, 0.05) is 13.5 Å². The van der Waals surface area contributed by atoms with Gasteiger partial charge in [0.15, 0.2) is 12.1 Å². The van der Waals surface area contributed by atoms with E-state index >= 15 is 0 Å². The van der Waals surface area contributed by atoms with Crippen molar-refractivity contribution in [3.8, 4) is 5.75 Å². The number of hydrogen-bond acceptors (Lipinski definition) is 7. The third-order valence-electron chi connectivity index (χ3n) is 3.60. The molecule has 0 saturated carbocycles. The molecule has 126 valence electrons. The molecule has 2 aliphatic heterocycles. The van der Waals surface area contributed by atoms with Gasteiger partial charge >= 0.3 is 10.2 Å². The van der Waals surface area contributed by atoms with Crippen LogP contribution in [0.2, 0.25) is 0 Å². The molecule has 0 bridgehead atoms. The van der Waals surface area contributed by atoms with Gasteiger partial charge in [-0.2, -0.15) is 8.42 Å². The molecule has 9 nitrogen and oxygen atoms in total. The molecule has 1 aromatic carbocycles. The fraction of sp³-hybridized carbons (Fsp3) is 0.462. The number of nitrogens with one attached hydrogen (secondary N) is 1. The minimum atomic E-state index is -3.84. The van der Waals surface area contributed by atoms with Gasteiger partial charge in [0.05, 0.1) is 17.4 Å². The highest BCUT2D eigenvalue weighted by molar-refractivity contribution is 7.91. The normalized spacial score (nSPS) is 28.6. The molecule has 4 N–H and O–H groups in total. The summed E-state index contributed by atoms with van der Waals surface area (Å²) in [5.74, 6) is 0.194. The number of aliphatic hydroxyl groups is 1. The van der Waals surface area contributed by atoms with E-state index in [1.54, 1.807) is 18.2 Å². The number of hydrogen-bond donors (Lipinski definition) is 3. The van der Waals surface area contributed by atoms with Crippen LogP contribution in [0.25, 0.3) is 0 Å². The SMILES string of the molecule is COC1C[C@H](O)[C@@H](COc2cccc3c2C(N)=NS(=O)(=O)N3)O1. The summed E-state index contributed by atoms with van der Waals surface area (Å²) in [6, 6.07) is 4.82. The van der Waals surface area contributed by atoms with Crippen molar-refractivity contribution in [2.75, 3.05) is 18.4 Å². The van der Waals surface area contributed by atoms with Crippen LogP contribution in [-0.4, -0.2) is 51.6 Å². The van der Waals surface area contributed by atoms with E-state index in [0.29, 0.717) is 17.7 Å². The van der Waals surface area contributed by atoms with Gasteiger partial charge in [0.2, 0.25) is 0 Å². The second-order valence-corrected chi connectivity index (χ2v) is 6.52. The third kappa shape index (κ3) is 3.24. The van der Waals surface area contributed by atoms with E-state index in [9.17, 15) is 13.5 Å². The van der Waals surface area contributed by atoms with Crippen molar-refractivity contribution in [2.24, 2.45) is 10.1 Å². The first-order valence-corrected chi connectivity index (χ1v) is 8.34. The smallest absolute Gasteiger partial charge is 0.344 e. The molecule has 10 heteroatoms. The van der Waals surface area contributed by atoms with Gasteiger partial charge in [-0.25, -0.2) is 0 Å². The first-order valence-electron chi connectivity index (χ1n) is 6.90. The molecule has 0 aliphatic carbocycles. The zero-order chi connectivity index (χ0) is 16.6. The molecule has 1 saturated heterocycles. The maximum atomic E-state index is 11.5. The van der Waals surface area contributed by atoms with E-state index in [0.717, 1.165) is 0 Å². The highest BCUT2D eigenvalue weighted by Crippen LogP contribution is 2.31. The largest absolute Gasteiger partial charge is 0.490 e. The lowest BCUT2D eigenvalue weighted by Gasteiger charge is -2.21. The van der Waals surface area contributed by atoms with Crippen LogP contribution in [0, 0.1) is 0 Å². The maximum Gasteiger partial charge on any atom is 0.344 e. The Morgan fingerprint density at radius 2 is 2.30 bits per heavy atom. The Bertz CT molecular complexity index is 735.